The number of esters is 1. The Hall–Kier alpha value is -2.54. The molecule has 1 aromatic carbocycles. The predicted molar refractivity (Wildman–Crippen MR) is 101 cm³/mol. The minimum absolute atomic E-state index is 0.301. The summed E-state index contributed by atoms with van der Waals surface area (Å²) in [5, 5.41) is 0.529. The SMILES string of the molecule is Cn1cc(C=C2SC(=O)N(CC(=O)OC(C)(C)C)C2=O)c2ccccc21. The average molecular weight is 372 g/mol. The van der Waals surface area contributed by atoms with Crippen LogP contribution in [0.25, 0.3) is 17.0 Å². The van der Waals surface area contributed by atoms with Crippen molar-refractivity contribution in [3.8, 4) is 0 Å². The van der Waals surface area contributed by atoms with Crippen molar-refractivity contribution >= 4 is 45.9 Å². The van der Waals surface area contributed by atoms with E-state index in [1.807, 2.05) is 42.1 Å². The van der Waals surface area contributed by atoms with Gasteiger partial charge in [0.15, 0.2) is 0 Å². The third-order valence-corrected chi connectivity index (χ3v) is 4.70. The highest BCUT2D eigenvalue weighted by molar-refractivity contribution is 8.18. The molecule has 2 amide bonds. The maximum Gasteiger partial charge on any atom is 0.326 e. The summed E-state index contributed by atoms with van der Waals surface area (Å²) in [6.07, 6.45) is 3.61. The van der Waals surface area contributed by atoms with Gasteiger partial charge < -0.3 is 9.30 Å². The molecule has 0 atom stereocenters. The van der Waals surface area contributed by atoms with Crippen molar-refractivity contribution in [1.29, 1.82) is 0 Å². The van der Waals surface area contributed by atoms with Crippen LogP contribution in [0.4, 0.5) is 4.79 Å². The Morgan fingerprint density at radius 2 is 1.92 bits per heavy atom. The van der Waals surface area contributed by atoms with Gasteiger partial charge in [0, 0.05) is 29.7 Å². The molecule has 1 aliphatic rings. The Balaban J connectivity index is 1.84. The van der Waals surface area contributed by atoms with Crippen molar-refractivity contribution in [2.75, 3.05) is 6.54 Å². The van der Waals surface area contributed by atoms with Gasteiger partial charge in [-0.2, -0.15) is 0 Å². The van der Waals surface area contributed by atoms with Gasteiger partial charge in [0.1, 0.15) is 12.1 Å². The quantitative estimate of drug-likeness (QED) is 0.609. The second-order valence-corrected chi connectivity index (χ2v) is 8.06. The van der Waals surface area contributed by atoms with Crippen LogP contribution in [0.15, 0.2) is 35.4 Å². The Labute approximate surface area is 155 Å². The zero-order chi connectivity index (χ0) is 19.1. The summed E-state index contributed by atoms with van der Waals surface area (Å²) in [6, 6.07) is 7.82. The van der Waals surface area contributed by atoms with E-state index in [0.717, 1.165) is 33.1 Å². The fourth-order valence-electron chi connectivity index (χ4n) is 2.77. The molecular formula is C19H20N2O4S. The molecule has 0 radical (unpaired) electrons. The summed E-state index contributed by atoms with van der Waals surface area (Å²) in [4.78, 5) is 37.9. The van der Waals surface area contributed by atoms with Gasteiger partial charge in [0.25, 0.3) is 11.1 Å². The number of nitrogens with zero attached hydrogens (tertiary/aromatic N) is 2. The minimum atomic E-state index is -0.669. The molecule has 2 heterocycles. The first-order valence-corrected chi connectivity index (χ1v) is 8.98. The molecular weight excluding hydrogens is 352 g/mol. The van der Waals surface area contributed by atoms with Crippen LogP contribution in [0.5, 0.6) is 0 Å². The van der Waals surface area contributed by atoms with E-state index in [9.17, 15) is 14.4 Å². The van der Waals surface area contributed by atoms with Gasteiger partial charge in [-0.3, -0.25) is 19.3 Å². The lowest BCUT2D eigenvalue weighted by Gasteiger charge is -2.21. The third kappa shape index (κ3) is 3.67. The Morgan fingerprint density at radius 1 is 1.23 bits per heavy atom. The van der Waals surface area contributed by atoms with Crippen LogP contribution in [-0.2, 0) is 21.4 Å². The molecule has 1 fully saturated rings. The molecule has 2 aromatic rings. The number of carbonyl (C=O) groups is 3. The van der Waals surface area contributed by atoms with Crippen LogP contribution in [0.1, 0.15) is 26.3 Å². The van der Waals surface area contributed by atoms with E-state index >= 15 is 0 Å². The number of para-hydroxylation sites is 1. The number of carbonyl (C=O) groups excluding carboxylic acids is 3. The maximum atomic E-state index is 12.6. The van der Waals surface area contributed by atoms with Crippen molar-refractivity contribution in [1.82, 2.24) is 9.47 Å². The lowest BCUT2D eigenvalue weighted by Crippen LogP contribution is -2.37. The zero-order valence-corrected chi connectivity index (χ0v) is 15.9. The van der Waals surface area contributed by atoms with Crippen LogP contribution in [0, 0.1) is 0 Å². The average Bonchev–Trinajstić information content (AvgIpc) is 2.98. The highest BCUT2D eigenvalue weighted by atomic mass is 32.2. The minimum Gasteiger partial charge on any atom is -0.459 e. The van der Waals surface area contributed by atoms with Crippen molar-refractivity contribution in [2.45, 2.75) is 26.4 Å². The molecule has 0 saturated carbocycles. The molecule has 0 spiro atoms. The van der Waals surface area contributed by atoms with Crippen molar-refractivity contribution in [3.63, 3.8) is 0 Å². The topological polar surface area (TPSA) is 68.6 Å². The van der Waals surface area contributed by atoms with Crippen LogP contribution >= 0.6 is 11.8 Å². The van der Waals surface area contributed by atoms with Crippen molar-refractivity contribution in [2.24, 2.45) is 7.05 Å². The van der Waals surface area contributed by atoms with Crippen LogP contribution in [0.2, 0.25) is 0 Å². The molecule has 0 aliphatic carbocycles. The molecule has 136 valence electrons. The number of amides is 2. The number of hydrogen-bond acceptors (Lipinski definition) is 5. The summed E-state index contributed by atoms with van der Waals surface area (Å²) >= 11 is 0.836. The second kappa shape index (κ2) is 6.64. The number of thioether (sulfide) groups is 1. The molecule has 0 unspecified atom stereocenters. The zero-order valence-electron chi connectivity index (χ0n) is 15.1. The Morgan fingerprint density at radius 3 is 2.62 bits per heavy atom. The normalized spacial score (nSPS) is 16.8. The lowest BCUT2D eigenvalue weighted by atomic mass is 10.1. The standard InChI is InChI=1S/C19H20N2O4S/c1-19(2,3)25-16(22)11-21-17(23)15(26-18(21)24)9-12-10-20(4)14-8-6-5-7-13(12)14/h5-10H,11H2,1-4H3. The predicted octanol–water partition coefficient (Wildman–Crippen LogP) is 3.56. The van der Waals surface area contributed by atoms with E-state index in [2.05, 4.69) is 0 Å². The summed E-state index contributed by atoms with van der Waals surface area (Å²) < 4.78 is 7.16. The van der Waals surface area contributed by atoms with Gasteiger partial charge in [-0.05, 0) is 44.7 Å². The van der Waals surface area contributed by atoms with Crippen LogP contribution < -0.4 is 0 Å². The van der Waals surface area contributed by atoms with E-state index in [1.165, 1.54) is 0 Å². The Bertz CT molecular complexity index is 937. The van der Waals surface area contributed by atoms with Gasteiger partial charge in [-0.25, -0.2) is 0 Å². The number of imide groups is 1. The summed E-state index contributed by atoms with van der Waals surface area (Å²) in [7, 11) is 1.92. The van der Waals surface area contributed by atoms with Gasteiger partial charge in [0.05, 0.1) is 4.91 Å². The summed E-state index contributed by atoms with van der Waals surface area (Å²) in [6.45, 7) is 4.83. The van der Waals surface area contributed by atoms with Crippen LogP contribution in [-0.4, -0.2) is 38.7 Å². The first-order valence-electron chi connectivity index (χ1n) is 8.17. The van der Waals surface area contributed by atoms with E-state index in [1.54, 1.807) is 26.8 Å². The summed E-state index contributed by atoms with van der Waals surface area (Å²) in [5.41, 5.74) is 1.22. The largest absolute Gasteiger partial charge is 0.459 e. The van der Waals surface area contributed by atoms with Crippen LogP contribution in [0.3, 0.4) is 0 Å². The highest BCUT2D eigenvalue weighted by Crippen LogP contribution is 2.34. The van der Waals surface area contributed by atoms with E-state index in [0.29, 0.717) is 4.91 Å². The molecule has 26 heavy (non-hydrogen) atoms. The number of aryl methyl sites for hydroxylation is 1. The number of ether oxygens (including phenoxy) is 1. The number of benzene rings is 1. The number of hydrogen-bond donors (Lipinski definition) is 0. The molecule has 1 aromatic heterocycles. The smallest absolute Gasteiger partial charge is 0.326 e. The second-order valence-electron chi connectivity index (χ2n) is 7.07. The first-order chi connectivity index (χ1) is 12.2. The highest BCUT2D eigenvalue weighted by Gasteiger charge is 2.37. The van der Waals surface area contributed by atoms with E-state index in [-0.39, 0.29) is 6.54 Å². The fraction of sp³-hybridized carbons (Fsp3) is 0.316. The molecule has 7 heteroatoms. The van der Waals surface area contributed by atoms with Gasteiger partial charge in [-0.1, -0.05) is 18.2 Å². The monoisotopic (exact) mass is 372 g/mol. The van der Waals surface area contributed by atoms with Gasteiger partial charge in [-0.15, -0.1) is 0 Å². The number of fused-ring (bicyclic) bond motifs is 1. The Kier molecular flexibility index (Phi) is 4.66. The molecule has 1 aliphatic heterocycles. The maximum absolute atomic E-state index is 12.6. The molecule has 6 nitrogen and oxygen atoms in total. The number of rotatable bonds is 3. The number of aromatic nitrogens is 1. The van der Waals surface area contributed by atoms with Crippen molar-refractivity contribution in [3.05, 3.63) is 40.9 Å². The molecule has 0 bridgehead atoms. The van der Waals surface area contributed by atoms with E-state index < -0.39 is 22.7 Å². The molecule has 1 saturated heterocycles. The summed E-state index contributed by atoms with van der Waals surface area (Å²) in [5.74, 6) is -1.08. The van der Waals surface area contributed by atoms with E-state index in [4.69, 9.17) is 4.74 Å². The molecule has 3 rings (SSSR count). The molecule has 0 N–H and O–H groups in total. The van der Waals surface area contributed by atoms with Gasteiger partial charge in [0.2, 0.25) is 0 Å². The third-order valence-electron chi connectivity index (χ3n) is 3.80. The van der Waals surface area contributed by atoms with Crippen molar-refractivity contribution < 1.29 is 19.1 Å². The lowest BCUT2D eigenvalue weighted by molar-refractivity contribution is -0.156. The first kappa shape index (κ1) is 18.3. The fourth-order valence-corrected chi connectivity index (χ4v) is 3.60. The van der Waals surface area contributed by atoms with Gasteiger partial charge >= 0.3 is 5.97 Å².